The molecule has 2 aromatic rings. The Morgan fingerprint density at radius 2 is 1.94 bits per heavy atom. The van der Waals surface area contributed by atoms with E-state index >= 15 is 0 Å². The van der Waals surface area contributed by atoms with Gasteiger partial charge in [-0.3, -0.25) is 4.79 Å². The lowest BCUT2D eigenvalue weighted by molar-refractivity contribution is 0.104. The van der Waals surface area contributed by atoms with Crippen molar-refractivity contribution in [2.75, 3.05) is 7.11 Å². The minimum atomic E-state index is 0.0569. The molecular formula is C14H14O2S. The van der Waals surface area contributed by atoms with Gasteiger partial charge in [0.1, 0.15) is 5.75 Å². The molecule has 17 heavy (non-hydrogen) atoms. The Morgan fingerprint density at radius 1 is 1.18 bits per heavy atom. The highest BCUT2D eigenvalue weighted by molar-refractivity contribution is 7.12. The van der Waals surface area contributed by atoms with Crippen LogP contribution in [0.25, 0.3) is 0 Å². The van der Waals surface area contributed by atoms with Gasteiger partial charge in [0.25, 0.3) is 0 Å². The zero-order valence-corrected chi connectivity index (χ0v) is 10.9. The second-order valence-corrected chi connectivity index (χ2v) is 4.89. The van der Waals surface area contributed by atoms with Gasteiger partial charge < -0.3 is 4.74 Å². The maximum Gasteiger partial charge on any atom is 0.203 e. The van der Waals surface area contributed by atoms with Crippen LogP contribution in [0.4, 0.5) is 0 Å². The predicted octanol–water partition coefficient (Wildman–Crippen LogP) is 3.60. The summed E-state index contributed by atoms with van der Waals surface area (Å²) in [6.45, 7) is 4.05. The molecule has 0 amide bonds. The summed E-state index contributed by atoms with van der Waals surface area (Å²) in [5.41, 5.74) is 3.07. The lowest BCUT2D eigenvalue weighted by Gasteiger charge is -2.02. The highest BCUT2D eigenvalue weighted by Crippen LogP contribution is 2.24. The van der Waals surface area contributed by atoms with Crippen LogP contribution in [0.15, 0.2) is 29.6 Å². The van der Waals surface area contributed by atoms with Crippen molar-refractivity contribution in [3.63, 3.8) is 0 Å². The molecule has 2 rings (SSSR count). The first-order chi connectivity index (χ1) is 8.11. The maximum absolute atomic E-state index is 12.2. The number of ketones is 1. The first kappa shape index (κ1) is 11.9. The van der Waals surface area contributed by atoms with Crippen LogP contribution >= 0.6 is 11.3 Å². The fourth-order valence-electron chi connectivity index (χ4n) is 1.57. The minimum Gasteiger partial charge on any atom is -0.496 e. The largest absolute Gasteiger partial charge is 0.496 e. The smallest absolute Gasteiger partial charge is 0.203 e. The fourth-order valence-corrected chi connectivity index (χ4v) is 2.39. The number of rotatable bonds is 3. The van der Waals surface area contributed by atoms with Gasteiger partial charge in [0.2, 0.25) is 5.78 Å². The molecule has 0 unspecified atom stereocenters. The van der Waals surface area contributed by atoms with Gasteiger partial charge in [0, 0.05) is 17.0 Å². The molecule has 0 N–H and O–H groups in total. The molecule has 2 nitrogen and oxygen atoms in total. The normalized spacial score (nSPS) is 10.3. The molecule has 1 heterocycles. The van der Waals surface area contributed by atoms with Gasteiger partial charge in [-0.1, -0.05) is 12.1 Å². The van der Waals surface area contributed by atoms with Crippen LogP contribution in [0.3, 0.4) is 0 Å². The Labute approximate surface area is 105 Å². The molecule has 0 bridgehead atoms. The first-order valence-electron chi connectivity index (χ1n) is 5.36. The molecule has 1 aromatic heterocycles. The summed E-state index contributed by atoms with van der Waals surface area (Å²) in [5.74, 6) is 0.795. The SMILES string of the molecule is COc1csc(C(=O)c2ccc(C)c(C)c2)c1. The van der Waals surface area contributed by atoms with E-state index in [2.05, 4.69) is 0 Å². The number of thiophene rings is 1. The number of methoxy groups -OCH3 is 1. The van der Waals surface area contributed by atoms with Gasteiger partial charge >= 0.3 is 0 Å². The third kappa shape index (κ3) is 2.39. The molecule has 0 spiro atoms. The number of hydrogen-bond donors (Lipinski definition) is 0. The Balaban J connectivity index is 2.33. The summed E-state index contributed by atoms with van der Waals surface area (Å²) in [4.78, 5) is 12.9. The summed E-state index contributed by atoms with van der Waals surface area (Å²) in [7, 11) is 1.60. The van der Waals surface area contributed by atoms with Gasteiger partial charge in [0.05, 0.1) is 12.0 Å². The first-order valence-corrected chi connectivity index (χ1v) is 6.24. The summed E-state index contributed by atoms with van der Waals surface area (Å²) < 4.78 is 5.08. The highest BCUT2D eigenvalue weighted by atomic mass is 32.1. The lowest BCUT2D eigenvalue weighted by atomic mass is 10.0. The monoisotopic (exact) mass is 246 g/mol. The third-order valence-electron chi connectivity index (χ3n) is 2.80. The number of ether oxygens (including phenoxy) is 1. The maximum atomic E-state index is 12.2. The van der Waals surface area contributed by atoms with Gasteiger partial charge in [-0.25, -0.2) is 0 Å². The highest BCUT2D eigenvalue weighted by Gasteiger charge is 2.12. The van der Waals surface area contributed by atoms with E-state index in [0.29, 0.717) is 4.88 Å². The van der Waals surface area contributed by atoms with Crippen molar-refractivity contribution < 1.29 is 9.53 Å². The van der Waals surface area contributed by atoms with E-state index < -0.39 is 0 Å². The van der Waals surface area contributed by atoms with Crippen molar-refractivity contribution in [2.24, 2.45) is 0 Å². The molecule has 0 fully saturated rings. The van der Waals surface area contributed by atoms with E-state index in [0.717, 1.165) is 16.9 Å². The molecule has 0 radical (unpaired) electrons. The zero-order valence-electron chi connectivity index (χ0n) is 10.1. The van der Waals surface area contributed by atoms with Crippen molar-refractivity contribution >= 4 is 17.1 Å². The quantitative estimate of drug-likeness (QED) is 0.773. The molecule has 0 aliphatic carbocycles. The topological polar surface area (TPSA) is 26.3 Å². The van der Waals surface area contributed by atoms with E-state index in [9.17, 15) is 4.79 Å². The number of carbonyl (C=O) groups excluding carboxylic acids is 1. The molecule has 1 aromatic carbocycles. The van der Waals surface area contributed by atoms with Crippen molar-refractivity contribution in [3.05, 3.63) is 51.2 Å². The van der Waals surface area contributed by atoms with Crippen LogP contribution in [0.1, 0.15) is 26.4 Å². The van der Waals surface area contributed by atoms with E-state index in [4.69, 9.17) is 4.74 Å². The molecule has 0 saturated heterocycles. The van der Waals surface area contributed by atoms with Crippen molar-refractivity contribution in [3.8, 4) is 5.75 Å². The van der Waals surface area contributed by atoms with Crippen LogP contribution in [0.5, 0.6) is 5.75 Å². The predicted molar refractivity (Wildman–Crippen MR) is 70.2 cm³/mol. The van der Waals surface area contributed by atoms with Gasteiger partial charge in [0.15, 0.2) is 0 Å². The molecule has 0 atom stereocenters. The summed E-state index contributed by atoms with van der Waals surface area (Å²) in [6.07, 6.45) is 0. The molecule has 88 valence electrons. The van der Waals surface area contributed by atoms with Crippen LogP contribution < -0.4 is 4.74 Å². The number of benzene rings is 1. The number of hydrogen-bond acceptors (Lipinski definition) is 3. The Hall–Kier alpha value is -1.61. The second-order valence-electron chi connectivity index (χ2n) is 3.98. The Kier molecular flexibility index (Phi) is 3.29. The average molecular weight is 246 g/mol. The van der Waals surface area contributed by atoms with Gasteiger partial charge in [-0.15, -0.1) is 11.3 Å². The van der Waals surface area contributed by atoms with Crippen LogP contribution in [0.2, 0.25) is 0 Å². The zero-order chi connectivity index (χ0) is 12.4. The van der Waals surface area contributed by atoms with E-state index in [1.807, 2.05) is 37.4 Å². The summed E-state index contributed by atoms with van der Waals surface area (Å²) in [6, 6.07) is 7.57. The van der Waals surface area contributed by atoms with E-state index in [1.165, 1.54) is 16.9 Å². The second kappa shape index (κ2) is 4.72. The molecule has 0 saturated carbocycles. The van der Waals surface area contributed by atoms with E-state index in [1.54, 1.807) is 13.2 Å². The van der Waals surface area contributed by atoms with Crippen LogP contribution in [-0.4, -0.2) is 12.9 Å². The lowest BCUT2D eigenvalue weighted by Crippen LogP contribution is -1.99. The number of aryl methyl sites for hydroxylation is 2. The minimum absolute atomic E-state index is 0.0569. The summed E-state index contributed by atoms with van der Waals surface area (Å²) >= 11 is 1.41. The average Bonchev–Trinajstić information content (AvgIpc) is 2.80. The fraction of sp³-hybridized carbons (Fsp3) is 0.214. The van der Waals surface area contributed by atoms with E-state index in [-0.39, 0.29) is 5.78 Å². The molecule has 0 aliphatic rings. The van der Waals surface area contributed by atoms with Gasteiger partial charge in [-0.2, -0.15) is 0 Å². The Morgan fingerprint density at radius 3 is 2.53 bits per heavy atom. The molecular weight excluding hydrogens is 232 g/mol. The van der Waals surface area contributed by atoms with Crippen molar-refractivity contribution in [1.82, 2.24) is 0 Å². The third-order valence-corrected chi connectivity index (χ3v) is 3.71. The van der Waals surface area contributed by atoms with Gasteiger partial charge in [-0.05, 0) is 31.0 Å². The van der Waals surface area contributed by atoms with Crippen molar-refractivity contribution in [2.45, 2.75) is 13.8 Å². The summed E-state index contributed by atoms with van der Waals surface area (Å²) in [5, 5.41) is 1.84. The Bertz CT molecular complexity index is 555. The molecule has 0 aliphatic heterocycles. The number of carbonyl (C=O) groups is 1. The molecule has 3 heteroatoms. The van der Waals surface area contributed by atoms with Crippen molar-refractivity contribution in [1.29, 1.82) is 0 Å². The van der Waals surface area contributed by atoms with Crippen LogP contribution in [0, 0.1) is 13.8 Å². The standard InChI is InChI=1S/C14H14O2S/c1-9-4-5-11(6-10(9)2)14(15)13-7-12(16-3)8-17-13/h4-8H,1-3H3. The van der Waals surface area contributed by atoms with Crippen LogP contribution in [-0.2, 0) is 0 Å².